The molecule has 0 saturated carbocycles. The molecule has 0 spiro atoms. The molecule has 0 aromatic heterocycles. The molecule has 0 aliphatic carbocycles. The van der Waals surface area contributed by atoms with E-state index < -0.39 is 0 Å². The maximum Gasteiger partial charge on any atom is 0.0672 e. The van der Waals surface area contributed by atoms with Crippen LogP contribution in [0.25, 0.3) is 0 Å². The fourth-order valence-corrected chi connectivity index (χ4v) is 1.20. The van der Waals surface area contributed by atoms with E-state index >= 15 is 0 Å². The van der Waals surface area contributed by atoms with Crippen LogP contribution in [-0.2, 0) is 9.47 Å². The van der Waals surface area contributed by atoms with Gasteiger partial charge in [0.15, 0.2) is 0 Å². The quantitative estimate of drug-likeness (QED) is 0.590. The molecule has 0 N–H and O–H groups in total. The van der Waals surface area contributed by atoms with Crippen molar-refractivity contribution in [1.29, 1.82) is 0 Å². The maximum absolute atomic E-state index is 5.46. The zero-order chi connectivity index (χ0) is 9.45. The molecular formula is C10H22O2. The number of methoxy groups -OCH3 is 2. The predicted molar refractivity (Wildman–Crippen MR) is 51.4 cm³/mol. The average Bonchev–Trinajstić information content (AvgIpc) is 2.11. The molecule has 74 valence electrons. The molecule has 2 heteroatoms. The Balaban J connectivity index is 3.70. The van der Waals surface area contributed by atoms with Gasteiger partial charge >= 0.3 is 0 Å². The van der Waals surface area contributed by atoms with Gasteiger partial charge in [-0.3, -0.25) is 0 Å². The Kier molecular flexibility index (Phi) is 6.39. The van der Waals surface area contributed by atoms with E-state index in [0.29, 0.717) is 0 Å². The van der Waals surface area contributed by atoms with Crippen LogP contribution in [0.15, 0.2) is 0 Å². The highest BCUT2D eigenvalue weighted by Gasteiger charge is 2.21. The third kappa shape index (κ3) is 4.73. The molecule has 0 saturated heterocycles. The molecular weight excluding hydrogens is 152 g/mol. The summed E-state index contributed by atoms with van der Waals surface area (Å²) < 4.78 is 10.5. The van der Waals surface area contributed by atoms with Crippen LogP contribution in [0.2, 0.25) is 0 Å². The van der Waals surface area contributed by atoms with Gasteiger partial charge in [0.1, 0.15) is 0 Å². The lowest BCUT2D eigenvalue weighted by Crippen LogP contribution is -2.28. The van der Waals surface area contributed by atoms with Crippen molar-refractivity contribution in [2.24, 2.45) is 0 Å². The number of rotatable bonds is 7. The minimum Gasteiger partial charge on any atom is -0.385 e. The molecule has 0 amide bonds. The Morgan fingerprint density at radius 1 is 1.17 bits per heavy atom. The standard InChI is InChI=1S/C10H22O2/c1-5-6-7-10(2,12-4)8-9-11-3/h5-9H2,1-4H3. The molecule has 0 aliphatic rings. The molecule has 0 heterocycles. The first-order valence-corrected chi connectivity index (χ1v) is 4.72. The zero-order valence-electron chi connectivity index (χ0n) is 8.85. The summed E-state index contributed by atoms with van der Waals surface area (Å²) in [5.74, 6) is 0. The maximum atomic E-state index is 5.46. The first-order chi connectivity index (χ1) is 5.68. The molecule has 0 fully saturated rings. The predicted octanol–water partition coefficient (Wildman–Crippen LogP) is 2.62. The van der Waals surface area contributed by atoms with Crippen molar-refractivity contribution in [2.75, 3.05) is 20.8 Å². The summed E-state index contributed by atoms with van der Waals surface area (Å²) in [5.41, 5.74) is 0.0199. The largest absolute Gasteiger partial charge is 0.385 e. The first-order valence-electron chi connectivity index (χ1n) is 4.72. The average molecular weight is 174 g/mol. The summed E-state index contributed by atoms with van der Waals surface area (Å²) in [6.07, 6.45) is 4.57. The molecule has 0 aliphatic heterocycles. The SMILES string of the molecule is CCCCC(C)(CCOC)OC. The lowest BCUT2D eigenvalue weighted by molar-refractivity contribution is -0.0255. The monoisotopic (exact) mass is 174 g/mol. The molecule has 0 rings (SSSR count). The lowest BCUT2D eigenvalue weighted by atomic mass is 9.95. The van der Waals surface area contributed by atoms with Crippen LogP contribution in [0.3, 0.4) is 0 Å². The Morgan fingerprint density at radius 2 is 1.83 bits per heavy atom. The highest BCUT2D eigenvalue weighted by Crippen LogP contribution is 2.21. The molecule has 12 heavy (non-hydrogen) atoms. The van der Waals surface area contributed by atoms with Gasteiger partial charge in [0.25, 0.3) is 0 Å². The van der Waals surface area contributed by atoms with E-state index in [2.05, 4.69) is 13.8 Å². The van der Waals surface area contributed by atoms with Gasteiger partial charge < -0.3 is 9.47 Å². The highest BCUT2D eigenvalue weighted by atomic mass is 16.5. The fraction of sp³-hybridized carbons (Fsp3) is 1.00. The van der Waals surface area contributed by atoms with Gasteiger partial charge in [-0.25, -0.2) is 0 Å². The second kappa shape index (κ2) is 6.44. The Labute approximate surface area is 76.3 Å². The van der Waals surface area contributed by atoms with Crippen molar-refractivity contribution >= 4 is 0 Å². The first kappa shape index (κ1) is 11.9. The summed E-state index contributed by atoms with van der Waals surface area (Å²) >= 11 is 0. The molecule has 2 nitrogen and oxygen atoms in total. The molecule has 1 unspecified atom stereocenters. The molecule has 0 aromatic rings. The van der Waals surface area contributed by atoms with E-state index in [9.17, 15) is 0 Å². The van der Waals surface area contributed by atoms with Gasteiger partial charge in [-0.05, 0) is 19.8 Å². The van der Waals surface area contributed by atoms with Crippen LogP contribution in [0.4, 0.5) is 0 Å². The summed E-state index contributed by atoms with van der Waals surface area (Å²) in [6.45, 7) is 5.14. The molecule has 0 bridgehead atoms. The van der Waals surface area contributed by atoms with Crippen molar-refractivity contribution in [3.63, 3.8) is 0 Å². The number of ether oxygens (including phenoxy) is 2. The second-order valence-corrected chi connectivity index (χ2v) is 3.50. The summed E-state index contributed by atoms with van der Waals surface area (Å²) in [4.78, 5) is 0. The summed E-state index contributed by atoms with van der Waals surface area (Å²) in [7, 11) is 3.52. The minimum atomic E-state index is 0.0199. The Morgan fingerprint density at radius 3 is 2.25 bits per heavy atom. The van der Waals surface area contributed by atoms with Crippen molar-refractivity contribution in [3.8, 4) is 0 Å². The third-order valence-electron chi connectivity index (χ3n) is 2.39. The number of unbranched alkanes of at least 4 members (excludes halogenated alkanes) is 1. The van der Waals surface area contributed by atoms with Crippen molar-refractivity contribution in [2.45, 2.75) is 45.1 Å². The Bertz CT molecular complexity index is 94.0. The lowest BCUT2D eigenvalue weighted by Gasteiger charge is -2.27. The molecule has 1 atom stereocenters. The van der Waals surface area contributed by atoms with Crippen LogP contribution in [0, 0.1) is 0 Å². The number of hydrogen-bond acceptors (Lipinski definition) is 2. The van der Waals surface area contributed by atoms with E-state index in [0.717, 1.165) is 19.4 Å². The van der Waals surface area contributed by atoms with Gasteiger partial charge in [0.05, 0.1) is 5.60 Å². The van der Waals surface area contributed by atoms with Crippen molar-refractivity contribution in [3.05, 3.63) is 0 Å². The van der Waals surface area contributed by atoms with E-state index in [1.54, 1.807) is 14.2 Å². The van der Waals surface area contributed by atoms with Crippen LogP contribution in [0.1, 0.15) is 39.5 Å². The highest BCUT2D eigenvalue weighted by molar-refractivity contribution is 4.73. The van der Waals surface area contributed by atoms with Crippen LogP contribution >= 0.6 is 0 Å². The van der Waals surface area contributed by atoms with Gasteiger partial charge in [0, 0.05) is 20.8 Å². The normalized spacial score (nSPS) is 16.0. The van der Waals surface area contributed by atoms with Crippen molar-refractivity contribution < 1.29 is 9.47 Å². The van der Waals surface area contributed by atoms with Crippen LogP contribution in [0.5, 0.6) is 0 Å². The minimum absolute atomic E-state index is 0.0199. The zero-order valence-corrected chi connectivity index (χ0v) is 8.85. The fourth-order valence-electron chi connectivity index (χ4n) is 1.20. The summed E-state index contributed by atoms with van der Waals surface area (Å²) in [6, 6.07) is 0. The van der Waals surface area contributed by atoms with E-state index in [1.807, 2.05) is 0 Å². The van der Waals surface area contributed by atoms with Crippen LogP contribution in [-0.4, -0.2) is 26.4 Å². The molecule has 0 radical (unpaired) electrons. The van der Waals surface area contributed by atoms with Gasteiger partial charge in [0.2, 0.25) is 0 Å². The Hall–Kier alpha value is -0.0800. The van der Waals surface area contributed by atoms with E-state index in [-0.39, 0.29) is 5.60 Å². The van der Waals surface area contributed by atoms with Gasteiger partial charge in [-0.2, -0.15) is 0 Å². The second-order valence-electron chi connectivity index (χ2n) is 3.50. The van der Waals surface area contributed by atoms with Crippen LogP contribution < -0.4 is 0 Å². The van der Waals surface area contributed by atoms with Gasteiger partial charge in [-0.15, -0.1) is 0 Å². The number of hydrogen-bond donors (Lipinski definition) is 0. The van der Waals surface area contributed by atoms with E-state index in [1.165, 1.54) is 12.8 Å². The molecule has 0 aromatic carbocycles. The topological polar surface area (TPSA) is 18.5 Å². The smallest absolute Gasteiger partial charge is 0.0672 e. The van der Waals surface area contributed by atoms with E-state index in [4.69, 9.17) is 9.47 Å². The summed E-state index contributed by atoms with van der Waals surface area (Å²) in [5, 5.41) is 0. The van der Waals surface area contributed by atoms with Gasteiger partial charge in [-0.1, -0.05) is 19.8 Å². The van der Waals surface area contributed by atoms with Crippen molar-refractivity contribution in [1.82, 2.24) is 0 Å². The third-order valence-corrected chi connectivity index (χ3v) is 2.39.